The Bertz CT molecular complexity index is 191. The number of hydrogen-bond donors (Lipinski definition) is 1. The number of alkyl halides is 1. The molecule has 0 aromatic rings. The Hall–Kier alpha value is 0.360. The molecule has 0 saturated carbocycles. The molecule has 0 bridgehead atoms. The fourth-order valence-corrected chi connectivity index (χ4v) is 2.77. The number of piperazine rings is 1. The van der Waals surface area contributed by atoms with Gasteiger partial charge in [-0.25, -0.2) is 0 Å². The van der Waals surface area contributed by atoms with E-state index < -0.39 is 0 Å². The van der Waals surface area contributed by atoms with Crippen LogP contribution in [0.3, 0.4) is 0 Å². The summed E-state index contributed by atoms with van der Waals surface area (Å²) in [5.41, 5.74) is 0. The Morgan fingerprint density at radius 1 is 1.36 bits per heavy atom. The molecule has 82 valence electrons. The van der Waals surface area contributed by atoms with E-state index in [9.17, 15) is 5.11 Å². The number of nitrogens with zero attached hydrogens (tertiary/aromatic N) is 2. The van der Waals surface area contributed by atoms with Crippen LogP contribution in [0.4, 0.5) is 0 Å². The van der Waals surface area contributed by atoms with Gasteiger partial charge in [-0.2, -0.15) is 0 Å². The lowest BCUT2D eigenvalue weighted by Crippen LogP contribution is -2.51. The summed E-state index contributed by atoms with van der Waals surface area (Å²) in [5.74, 6) is 0. The zero-order valence-corrected chi connectivity index (χ0v) is 10.1. The van der Waals surface area contributed by atoms with E-state index in [2.05, 4.69) is 25.7 Å². The van der Waals surface area contributed by atoms with Gasteiger partial charge in [0.05, 0.1) is 6.10 Å². The lowest BCUT2D eigenvalue weighted by Gasteiger charge is -2.38. The molecule has 0 aromatic heterocycles. The molecular weight excluding hydrogens is 244 g/mol. The van der Waals surface area contributed by atoms with Gasteiger partial charge in [0.1, 0.15) is 0 Å². The topological polar surface area (TPSA) is 26.7 Å². The highest BCUT2D eigenvalue weighted by Crippen LogP contribution is 2.21. The van der Waals surface area contributed by atoms with Gasteiger partial charge in [0, 0.05) is 37.6 Å². The van der Waals surface area contributed by atoms with Crippen LogP contribution in [0.15, 0.2) is 0 Å². The Kier molecular flexibility index (Phi) is 3.82. The van der Waals surface area contributed by atoms with E-state index in [1.54, 1.807) is 0 Å². The predicted molar refractivity (Wildman–Crippen MR) is 60.8 cm³/mol. The Balaban J connectivity index is 1.79. The highest BCUT2D eigenvalue weighted by atomic mass is 79.9. The Labute approximate surface area is 94.2 Å². The smallest absolute Gasteiger partial charge is 0.0763 e. The molecule has 0 amide bonds. The van der Waals surface area contributed by atoms with E-state index in [0.717, 1.165) is 25.7 Å². The average molecular weight is 263 g/mol. The average Bonchev–Trinajstić information content (AvgIpc) is 2.64. The number of β-amino-alcohol motifs (C(OH)–C–C–N with tert-alkyl or cyclic N) is 1. The summed E-state index contributed by atoms with van der Waals surface area (Å²) in [6.07, 6.45) is 2.50. The molecule has 0 spiro atoms. The molecule has 2 fully saturated rings. The minimum absolute atomic E-state index is 0.206. The summed E-state index contributed by atoms with van der Waals surface area (Å²) in [7, 11) is 0. The lowest BCUT2D eigenvalue weighted by atomic mass is 10.1. The van der Waals surface area contributed by atoms with Gasteiger partial charge >= 0.3 is 0 Å². The number of aliphatic hydroxyl groups is 1. The number of rotatable bonds is 3. The molecule has 2 atom stereocenters. The second kappa shape index (κ2) is 4.92. The molecule has 2 unspecified atom stereocenters. The zero-order valence-electron chi connectivity index (χ0n) is 8.53. The highest BCUT2D eigenvalue weighted by Gasteiger charge is 2.30. The quantitative estimate of drug-likeness (QED) is 0.752. The highest BCUT2D eigenvalue weighted by molar-refractivity contribution is 9.09. The molecule has 2 saturated heterocycles. The minimum Gasteiger partial charge on any atom is -0.391 e. The third-order valence-corrected chi connectivity index (χ3v) is 4.07. The number of aliphatic hydroxyl groups excluding tert-OH is 1. The van der Waals surface area contributed by atoms with Gasteiger partial charge in [-0.05, 0) is 19.4 Å². The van der Waals surface area contributed by atoms with Crippen LogP contribution in [0, 0.1) is 0 Å². The van der Waals surface area contributed by atoms with Crippen molar-refractivity contribution in [3.63, 3.8) is 0 Å². The maximum Gasteiger partial charge on any atom is 0.0763 e. The minimum atomic E-state index is -0.206. The van der Waals surface area contributed by atoms with Gasteiger partial charge in [0.15, 0.2) is 0 Å². The standard InChI is InChI=1S/C10H19BrN2O/c11-6-10(14)8-12-4-5-13-3-1-2-9(13)7-12/h9-10,14H,1-8H2. The summed E-state index contributed by atoms with van der Waals surface area (Å²) in [6.45, 7) is 5.60. The Morgan fingerprint density at radius 2 is 2.21 bits per heavy atom. The van der Waals surface area contributed by atoms with Crippen molar-refractivity contribution in [2.24, 2.45) is 0 Å². The van der Waals surface area contributed by atoms with Gasteiger partial charge in [-0.1, -0.05) is 15.9 Å². The van der Waals surface area contributed by atoms with Crippen molar-refractivity contribution in [1.29, 1.82) is 0 Å². The first-order chi connectivity index (χ1) is 6.79. The van der Waals surface area contributed by atoms with Crippen LogP contribution in [0.2, 0.25) is 0 Å². The molecule has 0 radical (unpaired) electrons. The van der Waals surface area contributed by atoms with Gasteiger partial charge in [0.2, 0.25) is 0 Å². The van der Waals surface area contributed by atoms with Crippen LogP contribution >= 0.6 is 15.9 Å². The van der Waals surface area contributed by atoms with E-state index in [1.807, 2.05) is 0 Å². The van der Waals surface area contributed by atoms with Crippen LogP contribution in [0.1, 0.15) is 12.8 Å². The molecule has 3 nitrogen and oxygen atoms in total. The largest absolute Gasteiger partial charge is 0.391 e. The first-order valence-electron chi connectivity index (χ1n) is 5.50. The summed E-state index contributed by atoms with van der Waals surface area (Å²) in [5, 5.41) is 10.2. The first kappa shape index (κ1) is 10.9. The maximum absolute atomic E-state index is 9.55. The van der Waals surface area contributed by atoms with E-state index in [4.69, 9.17) is 0 Å². The van der Waals surface area contributed by atoms with Crippen LogP contribution in [0.25, 0.3) is 0 Å². The third kappa shape index (κ3) is 2.48. The van der Waals surface area contributed by atoms with Crippen LogP contribution in [-0.4, -0.2) is 65.1 Å². The fraction of sp³-hybridized carbons (Fsp3) is 1.00. The van der Waals surface area contributed by atoms with Crippen molar-refractivity contribution in [3.8, 4) is 0 Å². The van der Waals surface area contributed by atoms with Crippen molar-refractivity contribution in [3.05, 3.63) is 0 Å². The maximum atomic E-state index is 9.55. The monoisotopic (exact) mass is 262 g/mol. The molecule has 2 rings (SSSR count). The summed E-state index contributed by atoms with van der Waals surface area (Å²) in [4.78, 5) is 5.00. The normalized spacial score (nSPS) is 31.7. The molecular formula is C10H19BrN2O. The molecule has 1 N–H and O–H groups in total. The van der Waals surface area contributed by atoms with Crippen LogP contribution in [0.5, 0.6) is 0 Å². The molecule has 0 aromatic carbocycles. The molecule has 2 aliphatic rings. The predicted octanol–water partition coefficient (Wildman–Crippen LogP) is 0.522. The van der Waals surface area contributed by atoms with E-state index in [0.29, 0.717) is 5.33 Å². The summed E-state index contributed by atoms with van der Waals surface area (Å²) in [6, 6.07) is 0.770. The van der Waals surface area contributed by atoms with Crippen molar-refractivity contribution < 1.29 is 5.11 Å². The first-order valence-corrected chi connectivity index (χ1v) is 6.62. The van der Waals surface area contributed by atoms with Crippen molar-refractivity contribution in [2.75, 3.05) is 38.1 Å². The van der Waals surface area contributed by atoms with E-state index in [1.165, 1.54) is 25.9 Å². The van der Waals surface area contributed by atoms with Gasteiger partial charge in [-0.15, -0.1) is 0 Å². The Morgan fingerprint density at radius 3 is 3.00 bits per heavy atom. The molecule has 2 heterocycles. The number of hydrogen-bond acceptors (Lipinski definition) is 3. The summed E-state index contributed by atoms with van der Waals surface area (Å²) >= 11 is 3.31. The second-order valence-corrected chi connectivity index (χ2v) is 5.05. The van der Waals surface area contributed by atoms with Crippen LogP contribution < -0.4 is 0 Å². The third-order valence-electron chi connectivity index (χ3n) is 3.32. The molecule has 4 heteroatoms. The second-order valence-electron chi connectivity index (χ2n) is 4.40. The van der Waals surface area contributed by atoms with Gasteiger partial charge in [-0.3, -0.25) is 9.80 Å². The van der Waals surface area contributed by atoms with E-state index >= 15 is 0 Å². The molecule has 0 aliphatic carbocycles. The molecule has 14 heavy (non-hydrogen) atoms. The van der Waals surface area contributed by atoms with Crippen LogP contribution in [-0.2, 0) is 0 Å². The molecule has 2 aliphatic heterocycles. The SMILES string of the molecule is OC(CBr)CN1CCN2CCCC2C1. The fourth-order valence-electron chi connectivity index (χ4n) is 2.57. The van der Waals surface area contributed by atoms with Crippen molar-refractivity contribution >= 4 is 15.9 Å². The van der Waals surface area contributed by atoms with Gasteiger partial charge < -0.3 is 5.11 Å². The van der Waals surface area contributed by atoms with Crippen molar-refractivity contribution in [2.45, 2.75) is 25.0 Å². The van der Waals surface area contributed by atoms with Gasteiger partial charge in [0.25, 0.3) is 0 Å². The van der Waals surface area contributed by atoms with Crippen molar-refractivity contribution in [1.82, 2.24) is 9.80 Å². The number of fused-ring (bicyclic) bond motifs is 1. The zero-order chi connectivity index (χ0) is 9.97. The summed E-state index contributed by atoms with van der Waals surface area (Å²) < 4.78 is 0. The lowest BCUT2D eigenvalue weighted by molar-refractivity contribution is 0.0654. The van der Waals surface area contributed by atoms with E-state index in [-0.39, 0.29) is 6.10 Å². The number of halogens is 1.